The second kappa shape index (κ2) is 6.33. The number of hydrogen-bond donors (Lipinski definition) is 1. The molecule has 100 valence electrons. The highest BCUT2D eigenvalue weighted by atomic mass is 16.2. The Bertz CT molecular complexity index is 528. The monoisotopic (exact) mass is 252 g/mol. The van der Waals surface area contributed by atoms with Crippen molar-refractivity contribution in [2.24, 2.45) is 0 Å². The normalized spacial score (nSPS) is 12.4. The minimum atomic E-state index is -0.491. The van der Waals surface area contributed by atoms with Gasteiger partial charge in [0.25, 0.3) is 5.56 Å². The van der Waals surface area contributed by atoms with Gasteiger partial charge in [-0.15, -0.1) is 0 Å². The van der Waals surface area contributed by atoms with Crippen LogP contribution in [0.15, 0.2) is 15.8 Å². The van der Waals surface area contributed by atoms with Gasteiger partial charge in [0, 0.05) is 12.2 Å². The van der Waals surface area contributed by atoms with Gasteiger partial charge < -0.3 is 4.98 Å². The molecule has 0 bridgehead atoms. The van der Waals surface area contributed by atoms with E-state index in [1.807, 2.05) is 6.92 Å². The quantitative estimate of drug-likeness (QED) is 0.620. The summed E-state index contributed by atoms with van der Waals surface area (Å²) in [5, 5.41) is 0. The second-order valence-electron chi connectivity index (χ2n) is 4.58. The number of H-pyrrole nitrogens is 1. The average Bonchev–Trinajstić information content (AvgIpc) is 2.28. The van der Waals surface area contributed by atoms with Gasteiger partial charge in [0.15, 0.2) is 5.78 Å². The molecule has 1 atom stereocenters. The van der Waals surface area contributed by atoms with Crippen LogP contribution in [-0.4, -0.2) is 15.3 Å². The lowest BCUT2D eigenvalue weighted by Gasteiger charge is -2.14. The molecule has 0 aliphatic heterocycles. The van der Waals surface area contributed by atoms with Crippen LogP contribution in [0.5, 0.6) is 0 Å². The van der Waals surface area contributed by atoms with Gasteiger partial charge in [-0.05, 0) is 20.3 Å². The molecule has 0 radical (unpaired) electrons. The van der Waals surface area contributed by atoms with Crippen molar-refractivity contribution < 1.29 is 4.79 Å². The van der Waals surface area contributed by atoms with Crippen LogP contribution in [0.2, 0.25) is 0 Å². The molecular weight excluding hydrogens is 232 g/mol. The predicted molar refractivity (Wildman–Crippen MR) is 70.2 cm³/mol. The number of hydrogen-bond acceptors (Lipinski definition) is 3. The second-order valence-corrected chi connectivity index (χ2v) is 4.58. The average molecular weight is 252 g/mol. The van der Waals surface area contributed by atoms with Gasteiger partial charge in [0.1, 0.15) is 0 Å². The Hall–Kier alpha value is -1.65. The van der Waals surface area contributed by atoms with E-state index in [0.29, 0.717) is 0 Å². The van der Waals surface area contributed by atoms with Crippen LogP contribution in [0.1, 0.15) is 62.9 Å². The highest BCUT2D eigenvalue weighted by Crippen LogP contribution is 2.11. The minimum absolute atomic E-state index is 0.0388. The first-order valence-electron chi connectivity index (χ1n) is 6.34. The van der Waals surface area contributed by atoms with Gasteiger partial charge in [0.05, 0.1) is 5.56 Å². The van der Waals surface area contributed by atoms with E-state index in [1.165, 1.54) is 13.1 Å². The summed E-state index contributed by atoms with van der Waals surface area (Å²) in [5.41, 5.74) is -0.902. The molecule has 0 saturated heterocycles. The molecule has 0 aliphatic rings. The summed E-state index contributed by atoms with van der Waals surface area (Å²) in [6, 6.07) is -0.188. The first-order valence-corrected chi connectivity index (χ1v) is 6.34. The molecule has 0 fully saturated rings. The zero-order valence-corrected chi connectivity index (χ0v) is 11.2. The van der Waals surface area contributed by atoms with Gasteiger partial charge in [-0.3, -0.25) is 14.2 Å². The van der Waals surface area contributed by atoms with E-state index in [2.05, 4.69) is 11.9 Å². The van der Waals surface area contributed by atoms with Crippen LogP contribution in [0, 0.1) is 0 Å². The van der Waals surface area contributed by atoms with E-state index in [-0.39, 0.29) is 17.4 Å². The summed E-state index contributed by atoms with van der Waals surface area (Å²) in [4.78, 5) is 37.4. The van der Waals surface area contributed by atoms with E-state index in [9.17, 15) is 14.4 Å². The molecule has 0 aromatic carbocycles. The molecule has 0 amide bonds. The van der Waals surface area contributed by atoms with Crippen LogP contribution < -0.4 is 11.2 Å². The third kappa shape index (κ3) is 3.18. The lowest BCUT2D eigenvalue weighted by Crippen LogP contribution is -2.39. The van der Waals surface area contributed by atoms with Gasteiger partial charge in [0.2, 0.25) is 0 Å². The fraction of sp³-hybridized carbons (Fsp3) is 0.615. The third-order valence-electron chi connectivity index (χ3n) is 3.05. The first-order chi connectivity index (χ1) is 8.49. The predicted octanol–water partition coefficient (Wildman–Crippen LogP) is 1.88. The van der Waals surface area contributed by atoms with Gasteiger partial charge in [-0.25, -0.2) is 4.79 Å². The number of rotatable bonds is 6. The number of aromatic nitrogens is 2. The molecule has 1 aromatic heterocycles. The van der Waals surface area contributed by atoms with Crippen molar-refractivity contribution in [1.82, 2.24) is 9.55 Å². The van der Waals surface area contributed by atoms with Crippen LogP contribution in [-0.2, 0) is 0 Å². The van der Waals surface area contributed by atoms with Crippen molar-refractivity contribution in [2.75, 3.05) is 0 Å². The Kier molecular flexibility index (Phi) is 5.07. The van der Waals surface area contributed by atoms with Crippen molar-refractivity contribution in [3.63, 3.8) is 0 Å². The van der Waals surface area contributed by atoms with Gasteiger partial charge in [-0.1, -0.05) is 26.2 Å². The zero-order valence-electron chi connectivity index (χ0n) is 11.2. The molecule has 0 aliphatic carbocycles. The van der Waals surface area contributed by atoms with Crippen LogP contribution in [0.25, 0.3) is 0 Å². The fourth-order valence-electron chi connectivity index (χ4n) is 1.96. The Balaban J connectivity index is 3.08. The van der Waals surface area contributed by atoms with E-state index in [0.717, 1.165) is 30.3 Å². The molecular formula is C13H20N2O3. The zero-order chi connectivity index (χ0) is 13.7. The smallest absolute Gasteiger partial charge is 0.313 e. The molecule has 1 aromatic rings. The maximum atomic E-state index is 12.0. The first kappa shape index (κ1) is 14.4. The lowest BCUT2D eigenvalue weighted by molar-refractivity contribution is 0.101. The Labute approximate surface area is 106 Å². The summed E-state index contributed by atoms with van der Waals surface area (Å²) < 4.78 is 1.15. The number of nitrogens with one attached hydrogen (secondary N) is 1. The molecule has 1 unspecified atom stereocenters. The van der Waals surface area contributed by atoms with E-state index < -0.39 is 11.2 Å². The summed E-state index contributed by atoms with van der Waals surface area (Å²) >= 11 is 0. The summed E-state index contributed by atoms with van der Waals surface area (Å²) in [5.74, 6) is -0.328. The van der Waals surface area contributed by atoms with Crippen LogP contribution in [0.3, 0.4) is 0 Å². The molecule has 18 heavy (non-hydrogen) atoms. The number of carbonyl (C=O) groups excluding carboxylic acids is 1. The minimum Gasteiger partial charge on any atom is -0.313 e. The molecule has 5 nitrogen and oxygen atoms in total. The number of unbranched alkanes of at least 4 members (excludes halogenated alkanes) is 2. The topological polar surface area (TPSA) is 71.9 Å². The van der Waals surface area contributed by atoms with Crippen LogP contribution in [0.4, 0.5) is 0 Å². The summed E-state index contributed by atoms with van der Waals surface area (Å²) in [6.07, 6.45) is 5.09. The number of carbonyl (C=O) groups is 1. The van der Waals surface area contributed by atoms with E-state index >= 15 is 0 Å². The van der Waals surface area contributed by atoms with Crippen molar-refractivity contribution in [2.45, 2.75) is 52.5 Å². The molecule has 1 rings (SSSR count). The Morgan fingerprint density at radius 2 is 2.06 bits per heavy atom. The van der Waals surface area contributed by atoms with Crippen molar-refractivity contribution in [3.8, 4) is 0 Å². The fourth-order valence-corrected chi connectivity index (χ4v) is 1.96. The largest absolute Gasteiger partial charge is 0.328 e. The highest BCUT2D eigenvalue weighted by Gasteiger charge is 2.15. The standard InChI is InChI=1S/C13H20N2O3/c1-4-5-6-7-9(2)15-12(17)11(10(3)16)8-14-13(15)18/h8-9H,4-7H2,1-3H3,(H,14,18). The van der Waals surface area contributed by atoms with Gasteiger partial charge >= 0.3 is 5.69 Å². The number of nitrogens with zero attached hydrogens (tertiary/aromatic N) is 1. The molecule has 0 spiro atoms. The van der Waals surface area contributed by atoms with E-state index in [4.69, 9.17) is 0 Å². The molecule has 0 saturated carbocycles. The number of aromatic amines is 1. The summed E-state index contributed by atoms with van der Waals surface area (Å²) in [6.45, 7) is 5.25. The maximum absolute atomic E-state index is 12.0. The number of Topliss-reactive ketones (excluding diaryl/α,β-unsaturated/α-hetero) is 1. The van der Waals surface area contributed by atoms with Crippen molar-refractivity contribution in [1.29, 1.82) is 0 Å². The maximum Gasteiger partial charge on any atom is 0.328 e. The molecule has 1 N–H and O–H groups in total. The molecule has 1 heterocycles. The van der Waals surface area contributed by atoms with Crippen molar-refractivity contribution >= 4 is 5.78 Å². The molecule has 5 heteroatoms. The number of ketones is 1. The SMILES string of the molecule is CCCCCC(C)n1c(=O)[nH]cc(C(C)=O)c1=O. The van der Waals surface area contributed by atoms with Crippen molar-refractivity contribution in [3.05, 3.63) is 32.6 Å². The Morgan fingerprint density at radius 3 is 2.61 bits per heavy atom. The van der Waals surface area contributed by atoms with E-state index in [1.54, 1.807) is 0 Å². The summed E-state index contributed by atoms with van der Waals surface area (Å²) in [7, 11) is 0. The Morgan fingerprint density at radius 1 is 1.39 bits per heavy atom. The lowest BCUT2D eigenvalue weighted by atomic mass is 10.1. The third-order valence-corrected chi connectivity index (χ3v) is 3.05. The van der Waals surface area contributed by atoms with Gasteiger partial charge in [-0.2, -0.15) is 0 Å². The highest BCUT2D eigenvalue weighted by molar-refractivity contribution is 5.93. The van der Waals surface area contributed by atoms with Crippen LogP contribution >= 0.6 is 0 Å².